The summed E-state index contributed by atoms with van der Waals surface area (Å²) in [4.78, 5) is 0. The molecule has 2 aliphatic carbocycles. The van der Waals surface area contributed by atoms with Gasteiger partial charge >= 0.3 is 181 Å². The van der Waals surface area contributed by atoms with E-state index in [1.54, 1.807) is 11.1 Å². The average molecular weight is 540 g/mol. The third-order valence-electron chi connectivity index (χ3n) is 6.85. The molecule has 30 heavy (non-hydrogen) atoms. The summed E-state index contributed by atoms with van der Waals surface area (Å²) in [7, 11) is -0.195. The molecule has 0 aromatic heterocycles. The van der Waals surface area contributed by atoms with E-state index in [4.69, 9.17) is 0 Å². The van der Waals surface area contributed by atoms with Gasteiger partial charge in [-0.05, 0) is 0 Å². The van der Waals surface area contributed by atoms with E-state index in [9.17, 15) is 0 Å². The molecule has 0 saturated heterocycles. The number of halogens is 2. The molecule has 0 radical (unpaired) electrons. The van der Waals surface area contributed by atoms with Crippen LogP contribution in [0, 0.1) is 0 Å². The zero-order chi connectivity index (χ0) is 21.6. The van der Waals surface area contributed by atoms with Crippen molar-refractivity contribution >= 4 is 48.6 Å². The van der Waals surface area contributed by atoms with E-state index in [-0.39, 0.29) is 24.8 Å². The second kappa shape index (κ2) is 10.4. The fraction of sp³-hybridized carbons (Fsp3) is 0.667. The predicted octanol–water partition coefficient (Wildman–Crippen LogP) is 8.69. The quantitative estimate of drug-likeness (QED) is 0.271. The molecule has 174 valence electrons. The molecule has 0 unspecified atom stereocenters. The van der Waals surface area contributed by atoms with Crippen LogP contribution in [0.4, 0.5) is 0 Å². The van der Waals surface area contributed by atoms with Crippen molar-refractivity contribution in [1.82, 2.24) is 0 Å². The van der Waals surface area contributed by atoms with Gasteiger partial charge in [-0.15, -0.1) is 24.8 Å². The van der Waals surface area contributed by atoms with Crippen LogP contribution in [0.1, 0.15) is 52.4 Å². The number of rotatable bonds is 8. The molecular formula is C24H48Cl2Si3Ti. The molecule has 0 aliphatic heterocycles. The molecule has 0 spiro atoms. The van der Waals surface area contributed by atoms with E-state index < -0.39 is 30.2 Å². The Bertz CT molecular complexity index is 777. The maximum atomic E-state index is 2.77. The van der Waals surface area contributed by atoms with E-state index in [2.05, 4.69) is 83.4 Å². The van der Waals surface area contributed by atoms with Crippen LogP contribution in [0.15, 0.2) is 41.4 Å². The topological polar surface area (TPSA) is 0 Å². The first-order valence-corrected chi connectivity index (χ1v) is 27.2. The molecule has 0 bridgehead atoms. The maximum absolute atomic E-state index is 2.93. The fourth-order valence-corrected chi connectivity index (χ4v) is 25.4. The normalized spacial score (nSPS) is 18.2. The van der Waals surface area contributed by atoms with Crippen LogP contribution in [0.3, 0.4) is 0 Å². The Hall–Kier alpha value is 0.905. The summed E-state index contributed by atoms with van der Waals surface area (Å²) < 4.78 is 3.91. The summed E-state index contributed by atoms with van der Waals surface area (Å²) in [6.45, 7) is 20.1. The molecule has 2 rings (SSSR count). The van der Waals surface area contributed by atoms with E-state index >= 15 is 0 Å². The average Bonchev–Trinajstić information content (AvgIpc) is 3.12. The van der Waals surface area contributed by atoms with Crippen molar-refractivity contribution < 1.29 is 14.0 Å². The minimum atomic E-state index is -2.93. The molecule has 6 heteroatoms. The van der Waals surface area contributed by atoms with Gasteiger partial charge in [0.2, 0.25) is 0 Å². The molecule has 0 aromatic rings. The molecule has 0 N–H and O–H groups in total. The molecule has 0 amide bonds. The van der Waals surface area contributed by atoms with Gasteiger partial charge in [0, 0.05) is 0 Å². The zero-order valence-electron chi connectivity index (χ0n) is 21.4. The Labute approximate surface area is 204 Å². The van der Waals surface area contributed by atoms with E-state index in [0.29, 0.717) is 0 Å². The van der Waals surface area contributed by atoms with Crippen LogP contribution in [0.2, 0.25) is 49.7 Å². The summed E-state index contributed by atoms with van der Waals surface area (Å²) in [6, 6.07) is 0. The van der Waals surface area contributed by atoms with Crippen LogP contribution in [0.5, 0.6) is 0 Å². The van der Waals surface area contributed by atoms with Crippen LogP contribution < -0.4 is 0 Å². The largest absolute Gasteiger partial charge is 0.147 e. The van der Waals surface area contributed by atoms with Crippen molar-refractivity contribution in [3.8, 4) is 0 Å². The molecule has 0 saturated carbocycles. The Kier molecular flexibility index (Phi) is 10.8. The number of hydrogen-bond acceptors (Lipinski definition) is 0. The Morgan fingerprint density at radius 1 is 0.733 bits per heavy atom. The van der Waals surface area contributed by atoms with Crippen molar-refractivity contribution in [2.75, 3.05) is 0 Å². The molecule has 0 aromatic carbocycles. The molecule has 0 nitrogen and oxygen atoms in total. The third-order valence-corrected chi connectivity index (χ3v) is 22.7. The van der Waals surface area contributed by atoms with Gasteiger partial charge in [0.15, 0.2) is 0 Å². The smallest absolute Gasteiger partial charge is 0.147 e. The number of allylic oxidation sites excluding steroid dienone is 8. The van der Waals surface area contributed by atoms with Gasteiger partial charge in [0.25, 0.3) is 0 Å². The molecule has 2 aliphatic rings. The first kappa shape index (κ1) is 30.9. The predicted molar refractivity (Wildman–Crippen MR) is 151 cm³/mol. The first-order chi connectivity index (χ1) is 12.6. The Morgan fingerprint density at radius 2 is 1.03 bits per heavy atom. The molecule has 0 heterocycles. The minimum absolute atomic E-state index is 0. The number of hydrogen-bond donors (Lipinski definition) is 0. The second-order valence-electron chi connectivity index (χ2n) is 12.4. The van der Waals surface area contributed by atoms with Crippen LogP contribution in [-0.2, 0) is 14.0 Å². The van der Waals surface area contributed by atoms with Gasteiger partial charge in [0.1, 0.15) is 0 Å². The van der Waals surface area contributed by atoms with E-state index in [1.807, 2.05) is 18.1 Å². The molecule has 0 atom stereocenters. The zero-order valence-corrected chi connectivity index (χ0v) is 28.0. The Balaban J connectivity index is 0.00000420. The summed E-state index contributed by atoms with van der Waals surface area (Å²) in [5, 5.41) is 9.21. The van der Waals surface area contributed by atoms with Crippen molar-refractivity contribution in [2.45, 2.75) is 102 Å². The van der Waals surface area contributed by atoms with E-state index in [1.165, 1.54) is 38.5 Å². The van der Waals surface area contributed by atoms with Crippen molar-refractivity contribution in [3.63, 3.8) is 0 Å². The van der Waals surface area contributed by atoms with Gasteiger partial charge in [-0.2, -0.15) is 0 Å². The summed E-state index contributed by atoms with van der Waals surface area (Å²) in [5.74, 6) is 0. The van der Waals surface area contributed by atoms with Crippen molar-refractivity contribution in [1.29, 1.82) is 0 Å². The maximum Gasteiger partial charge on any atom is -0.147 e. The van der Waals surface area contributed by atoms with E-state index in [0.717, 1.165) is 0 Å². The SMILES string of the molecule is CCCC1=CC([Si](C)(C)C)=[C]([Ti]([CH3])([CH3])(=[SiH2])[C]2=C([Si](C)(C)C)C=C(CCC)C2)C1.Cl.Cl. The standard InChI is InChI=1S/2C11H19Si.2CH3.2ClH.H2Si.Ti/c2*1-5-6-10-7-8-11(9-10)12(2,3)4;;;;;;/h2*9H,5-7H2,1-4H3;2*1H3;2*1H;1H2;. The summed E-state index contributed by atoms with van der Waals surface area (Å²) >= 11 is -2.93. The molecular weight excluding hydrogens is 491 g/mol. The minimum Gasteiger partial charge on any atom is -0.147 e. The summed E-state index contributed by atoms with van der Waals surface area (Å²) in [5.41, 5.74) is 3.46. The van der Waals surface area contributed by atoms with Crippen LogP contribution in [-0.4, -0.2) is 23.8 Å². The van der Waals surface area contributed by atoms with Crippen molar-refractivity contribution in [3.05, 3.63) is 41.4 Å². The second-order valence-corrected chi connectivity index (χ2v) is 41.5. The van der Waals surface area contributed by atoms with Crippen LogP contribution >= 0.6 is 24.8 Å². The van der Waals surface area contributed by atoms with Gasteiger partial charge in [-0.25, -0.2) is 0 Å². The summed E-state index contributed by atoms with van der Waals surface area (Å²) in [6.07, 6.45) is 13.1. The van der Waals surface area contributed by atoms with Crippen molar-refractivity contribution in [2.24, 2.45) is 0 Å². The van der Waals surface area contributed by atoms with Gasteiger partial charge < -0.3 is 0 Å². The fourth-order valence-electron chi connectivity index (χ4n) is 5.24. The third kappa shape index (κ3) is 6.49. The monoisotopic (exact) mass is 538 g/mol. The Morgan fingerprint density at radius 3 is 1.27 bits per heavy atom. The molecule has 0 fully saturated rings. The first-order valence-electron chi connectivity index (χ1n) is 11.5. The van der Waals surface area contributed by atoms with Gasteiger partial charge in [-0.3, -0.25) is 0 Å². The van der Waals surface area contributed by atoms with Gasteiger partial charge in [-0.1, -0.05) is 0 Å². The van der Waals surface area contributed by atoms with Crippen LogP contribution in [0.25, 0.3) is 0 Å². The van der Waals surface area contributed by atoms with Gasteiger partial charge in [0.05, 0.1) is 0 Å².